The second-order valence-electron chi connectivity index (χ2n) is 4.51. The SMILES string of the molecule is COc1ccc(C[S@@](=O)Cc2cccc(C#N)c2)cc1Cl. The molecule has 21 heavy (non-hydrogen) atoms. The van der Waals surface area contributed by atoms with Crippen molar-refractivity contribution in [1.29, 1.82) is 5.26 Å². The van der Waals surface area contributed by atoms with E-state index in [0.29, 0.717) is 27.8 Å². The highest BCUT2D eigenvalue weighted by Gasteiger charge is 2.07. The van der Waals surface area contributed by atoms with Crippen LogP contribution in [0.25, 0.3) is 0 Å². The summed E-state index contributed by atoms with van der Waals surface area (Å²) >= 11 is 6.05. The van der Waals surface area contributed by atoms with Crippen molar-refractivity contribution < 1.29 is 8.95 Å². The highest BCUT2D eigenvalue weighted by molar-refractivity contribution is 7.83. The molecule has 5 heteroatoms. The van der Waals surface area contributed by atoms with Crippen molar-refractivity contribution in [2.45, 2.75) is 11.5 Å². The number of hydrogen-bond donors (Lipinski definition) is 0. The van der Waals surface area contributed by atoms with Crippen LogP contribution < -0.4 is 4.74 Å². The highest BCUT2D eigenvalue weighted by Crippen LogP contribution is 2.25. The first-order valence-corrected chi connectivity index (χ1v) is 8.15. The van der Waals surface area contributed by atoms with Crippen molar-refractivity contribution in [2.75, 3.05) is 7.11 Å². The highest BCUT2D eigenvalue weighted by atomic mass is 35.5. The van der Waals surface area contributed by atoms with Crippen LogP contribution in [0, 0.1) is 11.3 Å². The van der Waals surface area contributed by atoms with Gasteiger partial charge in [0.25, 0.3) is 0 Å². The molecule has 0 radical (unpaired) electrons. The van der Waals surface area contributed by atoms with Crippen molar-refractivity contribution in [1.82, 2.24) is 0 Å². The van der Waals surface area contributed by atoms with Crippen LogP contribution in [-0.4, -0.2) is 11.3 Å². The van der Waals surface area contributed by atoms with E-state index in [1.54, 1.807) is 37.4 Å². The third-order valence-electron chi connectivity index (χ3n) is 2.93. The van der Waals surface area contributed by atoms with Crippen molar-refractivity contribution in [2.24, 2.45) is 0 Å². The molecule has 0 fully saturated rings. The van der Waals surface area contributed by atoms with E-state index >= 15 is 0 Å². The first-order chi connectivity index (χ1) is 10.1. The van der Waals surface area contributed by atoms with E-state index in [4.69, 9.17) is 21.6 Å². The molecule has 2 aromatic carbocycles. The predicted octanol–water partition coefficient (Wildman–Crippen LogP) is 3.67. The lowest BCUT2D eigenvalue weighted by Gasteiger charge is -2.07. The van der Waals surface area contributed by atoms with Crippen molar-refractivity contribution in [3.63, 3.8) is 0 Å². The Labute approximate surface area is 131 Å². The summed E-state index contributed by atoms with van der Waals surface area (Å²) in [5.74, 6) is 1.44. The Morgan fingerprint density at radius 3 is 2.52 bits per heavy atom. The number of nitrogens with zero attached hydrogens (tertiary/aromatic N) is 1. The summed E-state index contributed by atoms with van der Waals surface area (Å²) in [4.78, 5) is 0. The van der Waals surface area contributed by atoms with E-state index in [0.717, 1.165) is 11.1 Å². The van der Waals surface area contributed by atoms with Gasteiger partial charge >= 0.3 is 0 Å². The van der Waals surface area contributed by atoms with Gasteiger partial charge < -0.3 is 4.74 Å². The van der Waals surface area contributed by atoms with E-state index in [9.17, 15) is 4.21 Å². The van der Waals surface area contributed by atoms with Crippen molar-refractivity contribution in [3.05, 3.63) is 64.2 Å². The monoisotopic (exact) mass is 319 g/mol. The molecule has 0 aliphatic carbocycles. The molecule has 0 aliphatic heterocycles. The first-order valence-electron chi connectivity index (χ1n) is 6.29. The number of ether oxygens (including phenoxy) is 1. The molecule has 0 aromatic heterocycles. The molecular weight excluding hydrogens is 306 g/mol. The van der Waals surface area contributed by atoms with Crippen LogP contribution in [0.5, 0.6) is 5.75 Å². The van der Waals surface area contributed by atoms with Gasteiger partial charge in [0, 0.05) is 22.3 Å². The van der Waals surface area contributed by atoms with Gasteiger partial charge in [-0.2, -0.15) is 5.26 Å². The Bertz CT molecular complexity index is 710. The number of halogens is 1. The Morgan fingerprint density at radius 1 is 1.19 bits per heavy atom. The third-order valence-corrected chi connectivity index (χ3v) is 4.53. The molecule has 2 rings (SSSR count). The van der Waals surface area contributed by atoms with Crippen LogP contribution in [0.15, 0.2) is 42.5 Å². The maximum atomic E-state index is 12.2. The maximum absolute atomic E-state index is 12.2. The van der Waals surface area contributed by atoms with Crippen LogP contribution in [0.1, 0.15) is 16.7 Å². The second kappa shape index (κ2) is 7.26. The molecule has 0 unspecified atom stereocenters. The smallest absolute Gasteiger partial charge is 0.137 e. The van der Waals surface area contributed by atoms with E-state index in [2.05, 4.69) is 6.07 Å². The summed E-state index contributed by atoms with van der Waals surface area (Å²) in [5.41, 5.74) is 2.37. The molecule has 1 atom stereocenters. The van der Waals surface area contributed by atoms with Crippen molar-refractivity contribution >= 4 is 22.4 Å². The van der Waals surface area contributed by atoms with Crippen LogP contribution in [-0.2, 0) is 22.3 Å². The van der Waals surface area contributed by atoms with Crippen molar-refractivity contribution in [3.8, 4) is 11.8 Å². The fourth-order valence-electron chi connectivity index (χ4n) is 1.95. The first kappa shape index (κ1) is 15.6. The van der Waals surface area contributed by atoms with Gasteiger partial charge in [-0.15, -0.1) is 0 Å². The summed E-state index contributed by atoms with van der Waals surface area (Å²) in [6.45, 7) is 0. The molecule has 0 saturated heterocycles. The molecule has 0 heterocycles. The Hall–Kier alpha value is -1.83. The summed E-state index contributed by atoms with van der Waals surface area (Å²) in [5, 5.41) is 9.37. The van der Waals surface area contributed by atoms with Gasteiger partial charge in [-0.05, 0) is 35.4 Å². The molecule has 108 valence electrons. The van der Waals surface area contributed by atoms with Gasteiger partial charge in [-0.25, -0.2) is 0 Å². The van der Waals surface area contributed by atoms with Gasteiger partial charge in [0.1, 0.15) is 5.75 Å². The lowest BCUT2D eigenvalue weighted by Crippen LogP contribution is -2.00. The molecule has 0 bridgehead atoms. The topological polar surface area (TPSA) is 50.1 Å². The molecule has 0 N–H and O–H groups in total. The fourth-order valence-corrected chi connectivity index (χ4v) is 3.44. The second-order valence-corrected chi connectivity index (χ2v) is 6.37. The maximum Gasteiger partial charge on any atom is 0.137 e. The van der Waals surface area contributed by atoms with Crippen LogP contribution in [0.3, 0.4) is 0 Å². The fraction of sp³-hybridized carbons (Fsp3) is 0.188. The van der Waals surface area contributed by atoms with Gasteiger partial charge in [0.15, 0.2) is 0 Å². The molecule has 0 saturated carbocycles. The zero-order valence-corrected chi connectivity index (χ0v) is 13.1. The molecule has 3 nitrogen and oxygen atoms in total. The molecule has 0 spiro atoms. The van der Waals surface area contributed by atoms with Crippen LogP contribution >= 0.6 is 11.6 Å². The van der Waals surface area contributed by atoms with E-state index in [-0.39, 0.29) is 0 Å². The van der Waals surface area contributed by atoms with Gasteiger partial charge in [0.2, 0.25) is 0 Å². The minimum Gasteiger partial charge on any atom is -0.495 e. The molecule has 0 amide bonds. The number of rotatable bonds is 5. The lowest BCUT2D eigenvalue weighted by molar-refractivity contribution is 0.415. The lowest BCUT2D eigenvalue weighted by atomic mass is 10.2. The number of hydrogen-bond acceptors (Lipinski definition) is 3. The van der Waals surface area contributed by atoms with Crippen LogP contribution in [0.2, 0.25) is 5.02 Å². The standard InChI is InChI=1S/C16H14ClNO2S/c1-20-16-6-5-14(8-15(16)17)11-21(19)10-13-4-2-3-12(7-13)9-18/h2-8H,10-11H2,1H3/t21-/m0/s1. The molecular formula is C16H14ClNO2S. The zero-order chi connectivity index (χ0) is 15.2. The van der Waals surface area contributed by atoms with E-state index in [1.807, 2.05) is 12.1 Å². The Kier molecular flexibility index (Phi) is 5.38. The Morgan fingerprint density at radius 2 is 1.90 bits per heavy atom. The van der Waals surface area contributed by atoms with Gasteiger partial charge in [-0.3, -0.25) is 4.21 Å². The van der Waals surface area contributed by atoms with E-state index < -0.39 is 10.8 Å². The summed E-state index contributed by atoms with van der Waals surface area (Å²) in [6.07, 6.45) is 0. The number of benzene rings is 2. The van der Waals surface area contributed by atoms with Gasteiger partial charge in [-0.1, -0.05) is 29.8 Å². The number of methoxy groups -OCH3 is 1. The quantitative estimate of drug-likeness (QED) is 0.845. The van der Waals surface area contributed by atoms with E-state index in [1.165, 1.54) is 0 Å². The Balaban J connectivity index is 2.04. The summed E-state index contributed by atoms with van der Waals surface area (Å²) < 4.78 is 17.3. The summed E-state index contributed by atoms with van der Waals surface area (Å²) in [7, 11) is 0.499. The third kappa shape index (κ3) is 4.32. The minimum atomic E-state index is -1.06. The van der Waals surface area contributed by atoms with Gasteiger partial charge in [0.05, 0.1) is 23.8 Å². The molecule has 2 aromatic rings. The zero-order valence-electron chi connectivity index (χ0n) is 11.5. The number of nitriles is 1. The summed E-state index contributed by atoms with van der Waals surface area (Å²) in [6, 6.07) is 14.6. The largest absolute Gasteiger partial charge is 0.495 e. The normalized spacial score (nSPS) is 11.7. The average molecular weight is 320 g/mol. The van der Waals surface area contributed by atoms with Crippen LogP contribution in [0.4, 0.5) is 0 Å². The molecule has 0 aliphatic rings. The predicted molar refractivity (Wildman–Crippen MR) is 84.7 cm³/mol. The average Bonchev–Trinajstić information content (AvgIpc) is 2.47. The minimum absolute atomic E-state index is 0.416.